The number of fused-ring (bicyclic) bond motifs is 1. The van der Waals surface area contributed by atoms with Gasteiger partial charge in [0.15, 0.2) is 0 Å². The molecule has 0 bridgehead atoms. The van der Waals surface area contributed by atoms with E-state index < -0.39 is 0 Å². The van der Waals surface area contributed by atoms with Crippen LogP contribution in [-0.4, -0.2) is 16.6 Å². The SMILES string of the molecule is CCOc1nccc2ccncc12. The number of hydrogen-bond acceptors (Lipinski definition) is 3. The van der Waals surface area contributed by atoms with Crippen LogP contribution in [0, 0.1) is 0 Å². The second kappa shape index (κ2) is 3.39. The van der Waals surface area contributed by atoms with Gasteiger partial charge in [0, 0.05) is 18.6 Å². The van der Waals surface area contributed by atoms with Crippen LogP contribution in [0.5, 0.6) is 5.88 Å². The van der Waals surface area contributed by atoms with E-state index in [1.807, 2.05) is 19.1 Å². The molecule has 13 heavy (non-hydrogen) atoms. The first-order valence-corrected chi connectivity index (χ1v) is 4.23. The van der Waals surface area contributed by atoms with Gasteiger partial charge >= 0.3 is 0 Å². The Morgan fingerprint density at radius 1 is 1.31 bits per heavy atom. The van der Waals surface area contributed by atoms with Crippen LogP contribution in [0.1, 0.15) is 6.92 Å². The number of pyridine rings is 2. The Kier molecular flexibility index (Phi) is 2.08. The first kappa shape index (κ1) is 7.98. The predicted octanol–water partition coefficient (Wildman–Crippen LogP) is 2.03. The molecule has 66 valence electrons. The van der Waals surface area contributed by atoms with Gasteiger partial charge in [-0.25, -0.2) is 4.98 Å². The van der Waals surface area contributed by atoms with Gasteiger partial charge in [0.2, 0.25) is 5.88 Å². The molecule has 0 aliphatic carbocycles. The van der Waals surface area contributed by atoms with Gasteiger partial charge in [-0.2, -0.15) is 0 Å². The highest BCUT2D eigenvalue weighted by molar-refractivity contribution is 5.85. The Balaban J connectivity index is 2.61. The quantitative estimate of drug-likeness (QED) is 0.698. The van der Waals surface area contributed by atoms with Crippen LogP contribution in [0.2, 0.25) is 0 Å². The van der Waals surface area contributed by atoms with E-state index in [2.05, 4.69) is 9.97 Å². The monoisotopic (exact) mass is 174 g/mol. The van der Waals surface area contributed by atoms with Crippen molar-refractivity contribution in [2.45, 2.75) is 6.92 Å². The summed E-state index contributed by atoms with van der Waals surface area (Å²) in [4.78, 5) is 8.17. The topological polar surface area (TPSA) is 35.0 Å². The summed E-state index contributed by atoms with van der Waals surface area (Å²) in [5.74, 6) is 0.660. The molecule has 3 heteroatoms. The fourth-order valence-corrected chi connectivity index (χ4v) is 1.24. The van der Waals surface area contributed by atoms with Crippen LogP contribution < -0.4 is 4.74 Å². The third-order valence-corrected chi connectivity index (χ3v) is 1.81. The molecule has 0 fully saturated rings. The molecule has 0 atom stereocenters. The Labute approximate surface area is 76.4 Å². The fraction of sp³-hybridized carbons (Fsp3) is 0.200. The highest BCUT2D eigenvalue weighted by Gasteiger charge is 2.00. The molecule has 2 rings (SSSR count). The largest absolute Gasteiger partial charge is 0.477 e. The minimum Gasteiger partial charge on any atom is -0.477 e. The second-order valence-corrected chi connectivity index (χ2v) is 2.65. The number of hydrogen-bond donors (Lipinski definition) is 0. The van der Waals surface area contributed by atoms with Gasteiger partial charge in [0.05, 0.1) is 12.0 Å². The van der Waals surface area contributed by atoms with Gasteiger partial charge in [-0.05, 0) is 24.4 Å². The number of nitrogens with zero attached hydrogens (tertiary/aromatic N) is 2. The summed E-state index contributed by atoms with van der Waals surface area (Å²) in [5, 5.41) is 2.07. The molecule has 2 aromatic heterocycles. The van der Waals surface area contributed by atoms with Crippen molar-refractivity contribution < 1.29 is 4.74 Å². The van der Waals surface area contributed by atoms with Gasteiger partial charge in [0.25, 0.3) is 0 Å². The van der Waals surface area contributed by atoms with Crippen molar-refractivity contribution in [2.24, 2.45) is 0 Å². The van der Waals surface area contributed by atoms with Crippen LogP contribution in [0.15, 0.2) is 30.7 Å². The molecule has 0 aliphatic heterocycles. The van der Waals surface area contributed by atoms with Crippen LogP contribution in [0.25, 0.3) is 10.8 Å². The third-order valence-electron chi connectivity index (χ3n) is 1.81. The second-order valence-electron chi connectivity index (χ2n) is 2.65. The van der Waals surface area contributed by atoms with Crippen molar-refractivity contribution in [2.75, 3.05) is 6.61 Å². The number of ether oxygens (including phenoxy) is 1. The Hall–Kier alpha value is -1.64. The molecular weight excluding hydrogens is 164 g/mol. The fourth-order valence-electron chi connectivity index (χ4n) is 1.24. The van der Waals surface area contributed by atoms with Gasteiger partial charge in [-0.1, -0.05) is 0 Å². The smallest absolute Gasteiger partial charge is 0.222 e. The van der Waals surface area contributed by atoms with Crippen LogP contribution in [0.3, 0.4) is 0 Å². The van der Waals surface area contributed by atoms with Crippen molar-refractivity contribution in [3.05, 3.63) is 30.7 Å². The zero-order valence-corrected chi connectivity index (χ0v) is 7.40. The maximum atomic E-state index is 5.37. The first-order chi connectivity index (χ1) is 6.42. The Morgan fingerprint density at radius 3 is 3.00 bits per heavy atom. The van der Waals surface area contributed by atoms with E-state index in [0.717, 1.165) is 10.8 Å². The molecule has 0 unspecified atom stereocenters. The molecule has 0 amide bonds. The number of aromatic nitrogens is 2. The minimum atomic E-state index is 0.626. The van der Waals surface area contributed by atoms with Crippen LogP contribution >= 0.6 is 0 Å². The van der Waals surface area contributed by atoms with E-state index in [4.69, 9.17) is 4.74 Å². The average molecular weight is 174 g/mol. The summed E-state index contributed by atoms with van der Waals surface area (Å²) in [6.07, 6.45) is 5.28. The summed E-state index contributed by atoms with van der Waals surface area (Å²) in [6, 6.07) is 3.89. The lowest BCUT2D eigenvalue weighted by Gasteiger charge is -2.04. The lowest BCUT2D eigenvalue weighted by molar-refractivity contribution is 0.331. The summed E-state index contributed by atoms with van der Waals surface area (Å²) in [5.41, 5.74) is 0. The average Bonchev–Trinajstić information content (AvgIpc) is 2.19. The molecular formula is C10H10N2O. The molecule has 0 aromatic carbocycles. The molecule has 3 nitrogen and oxygen atoms in total. The van der Waals surface area contributed by atoms with Gasteiger partial charge in [-0.3, -0.25) is 4.98 Å². The maximum Gasteiger partial charge on any atom is 0.222 e. The van der Waals surface area contributed by atoms with Gasteiger partial charge in [0.1, 0.15) is 0 Å². The van der Waals surface area contributed by atoms with E-state index in [1.165, 1.54) is 0 Å². The Morgan fingerprint density at radius 2 is 2.15 bits per heavy atom. The van der Waals surface area contributed by atoms with Crippen molar-refractivity contribution in [3.63, 3.8) is 0 Å². The summed E-state index contributed by atoms with van der Waals surface area (Å²) in [7, 11) is 0. The molecule has 0 saturated carbocycles. The van der Waals surface area contributed by atoms with Gasteiger partial charge in [-0.15, -0.1) is 0 Å². The van der Waals surface area contributed by atoms with E-state index in [9.17, 15) is 0 Å². The molecule has 0 N–H and O–H groups in total. The van der Waals surface area contributed by atoms with Crippen LogP contribution in [-0.2, 0) is 0 Å². The predicted molar refractivity (Wildman–Crippen MR) is 50.7 cm³/mol. The maximum absolute atomic E-state index is 5.37. The first-order valence-electron chi connectivity index (χ1n) is 4.23. The zero-order chi connectivity index (χ0) is 9.10. The van der Waals surface area contributed by atoms with Crippen molar-refractivity contribution in [3.8, 4) is 5.88 Å². The minimum absolute atomic E-state index is 0.626. The van der Waals surface area contributed by atoms with E-state index in [0.29, 0.717) is 12.5 Å². The van der Waals surface area contributed by atoms with E-state index >= 15 is 0 Å². The Bertz CT molecular complexity index is 409. The highest BCUT2D eigenvalue weighted by Crippen LogP contribution is 2.20. The summed E-state index contributed by atoms with van der Waals surface area (Å²) < 4.78 is 5.37. The van der Waals surface area contributed by atoms with Crippen molar-refractivity contribution in [1.82, 2.24) is 9.97 Å². The van der Waals surface area contributed by atoms with Crippen LogP contribution in [0.4, 0.5) is 0 Å². The van der Waals surface area contributed by atoms with Crippen molar-refractivity contribution in [1.29, 1.82) is 0 Å². The molecule has 2 aromatic rings. The standard InChI is InChI=1S/C10H10N2O/c1-2-13-10-9-7-11-5-3-8(9)4-6-12-10/h3-7H,2H2,1H3. The number of rotatable bonds is 2. The van der Waals surface area contributed by atoms with Gasteiger partial charge < -0.3 is 4.74 Å². The van der Waals surface area contributed by atoms with Crippen molar-refractivity contribution >= 4 is 10.8 Å². The molecule has 2 heterocycles. The molecule has 0 saturated heterocycles. The third kappa shape index (κ3) is 1.45. The molecule has 0 radical (unpaired) electrons. The lowest BCUT2D eigenvalue weighted by Crippen LogP contribution is -1.94. The molecule has 0 spiro atoms. The lowest BCUT2D eigenvalue weighted by atomic mass is 10.2. The summed E-state index contributed by atoms with van der Waals surface area (Å²) in [6.45, 7) is 2.57. The van der Waals surface area contributed by atoms with E-state index in [1.54, 1.807) is 18.6 Å². The zero-order valence-electron chi connectivity index (χ0n) is 7.40. The molecule has 0 aliphatic rings. The normalized spacial score (nSPS) is 10.2. The van der Waals surface area contributed by atoms with E-state index in [-0.39, 0.29) is 0 Å². The highest BCUT2D eigenvalue weighted by atomic mass is 16.5. The summed E-state index contributed by atoms with van der Waals surface area (Å²) >= 11 is 0.